The van der Waals surface area contributed by atoms with Gasteiger partial charge >= 0.3 is 5.97 Å². The second kappa shape index (κ2) is 12.5. The van der Waals surface area contributed by atoms with Gasteiger partial charge in [-0.1, -0.05) is 6.42 Å². The van der Waals surface area contributed by atoms with E-state index in [9.17, 15) is 29.4 Å². The fraction of sp³-hybridized carbons (Fsp3) is 0.789. The van der Waals surface area contributed by atoms with Crippen molar-refractivity contribution >= 4 is 23.7 Å². The second-order valence-electron chi connectivity index (χ2n) is 7.87. The van der Waals surface area contributed by atoms with E-state index in [1.165, 1.54) is 18.7 Å². The van der Waals surface area contributed by atoms with E-state index in [1.807, 2.05) is 0 Å². The molecule has 1 fully saturated rings. The molecule has 3 amide bonds. The number of carboxylic acid groups (broad SMARTS) is 1. The van der Waals surface area contributed by atoms with Crippen LogP contribution in [0.15, 0.2) is 0 Å². The molecule has 0 saturated carbocycles. The molecule has 0 aromatic carbocycles. The molecular weight excluding hydrogens is 410 g/mol. The summed E-state index contributed by atoms with van der Waals surface area (Å²) in [5.74, 6) is -3.40. The Kier molecular flexibility index (Phi) is 10.8. The first kappa shape index (κ1) is 26.8. The number of carboxylic acids is 1. The van der Waals surface area contributed by atoms with Crippen molar-refractivity contribution in [2.45, 2.75) is 82.3 Å². The Bertz CT molecular complexity index is 643. The molecule has 1 rings (SSSR count). The topological polar surface area (TPSA) is 208 Å². The Morgan fingerprint density at radius 1 is 1.06 bits per heavy atom. The van der Waals surface area contributed by atoms with Crippen molar-refractivity contribution in [1.82, 2.24) is 15.5 Å². The second-order valence-corrected chi connectivity index (χ2v) is 7.87. The monoisotopic (exact) mass is 445 g/mol. The number of hydrogen-bond acceptors (Lipinski definition) is 8. The van der Waals surface area contributed by atoms with Gasteiger partial charge < -0.3 is 42.3 Å². The van der Waals surface area contributed by atoms with Crippen LogP contribution >= 0.6 is 0 Å². The molecule has 0 spiro atoms. The molecule has 1 heterocycles. The van der Waals surface area contributed by atoms with E-state index >= 15 is 0 Å². The van der Waals surface area contributed by atoms with Gasteiger partial charge in [0, 0.05) is 6.54 Å². The average Bonchev–Trinajstić information content (AvgIpc) is 3.18. The third-order valence-corrected chi connectivity index (χ3v) is 5.24. The van der Waals surface area contributed by atoms with E-state index in [4.69, 9.17) is 16.6 Å². The molecule has 0 aromatic rings. The lowest BCUT2D eigenvalue weighted by atomic mass is 10.1. The zero-order chi connectivity index (χ0) is 23.7. The molecular formula is C19H35N5O7. The minimum absolute atomic E-state index is 0.199. The molecule has 1 aliphatic heterocycles. The van der Waals surface area contributed by atoms with Crippen LogP contribution in [0.3, 0.4) is 0 Å². The first-order chi connectivity index (χ1) is 14.5. The van der Waals surface area contributed by atoms with Crippen LogP contribution in [0.4, 0.5) is 0 Å². The van der Waals surface area contributed by atoms with Crippen LogP contribution in [0.2, 0.25) is 0 Å². The standard InChI is InChI=1S/C19H35N5O7/c1-10(25)14(22-16(27)12(21)6-3-4-8-20)18(29)24-9-5-7-13(24)17(28)23-15(11(2)26)19(30)31/h10-15,25-26H,3-9,20-21H2,1-2H3,(H,22,27)(H,23,28)(H,30,31). The fourth-order valence-corrected chi connectivity index (χ4v) is 3.41. The molecule has 12 heteroatoms. The lowest BCUT2D eigenvalue weighted by molar-refractivity contribution is -0.147. The summed E-state index contributed by atoms with van der Waals surface area (Å²) < 4.78 is 0. The summed E-state index contributed by atoms with van der Waals surface area (Å²) >= 11 is 0. The van der Waals surface area contributed by atoms with Crippen molar-refractivity contribution in [2.75, 3.05) is 13.1 Å². The van der Waals surface area contributed by atoms with Crippen LogP contribution in [0, 0.1) is 0 Å². The first-order valence-electron chi connectivity index (χ1n) is 10.5. The van der Waals surface area contributed by atoms with Crippen LogP contribution in [0.25, 0.3) is 0 Å². The van der Waals surface area contributed by atoms with Gasteiger partial charge in [-0.25, -0.2) is 4.79 Å². The molecule has 178 valence electrons. The molecule has 1 aliphatic rings. The van der Waals surface area contributed by atoms with Gasteiger partial charge in [0.25, 0.3) is 0 Å². The lowest BCUT2D eigenvalue weighted by Crippen LogP contribution is -2.60. The maximum absolute atomic E-state index is 13.0. The number of unbranched alkanes of at least 4 members (excludes halogenated alkanes) is 1. The summed E-state index contributed by atoms with van der Waals surface area (Å²) in [6.07, 6.45) is -0.111. The number of rotatable bonds is 12. The van der Waals surface area contributed by atoms with Crippen molar-refractivity contribution in [2.24, 2.45) is 11.5 Å². The Balaban J connectivity index is 2.86. The van der Waals surface area contributed by atoms with E-state index in [0.717, 1.165) is 0 Å². The molecule has 1 saturated heterocycles. The number of carbonyl (C=O) groups is 4. The smallest absolute Gasteiger partial charge is 0.328 e. The van der Waals surface area contributed by atoms with Crippen molar-refractivity contribution in [3.63, 3.8) is 0 Å². The maximum atomic E-state index is 13.0. The molecule has 6 atom stereocenters. The summed E-state index contributed by atoms with van der Waals surface area (Å²) in [6.45, 7) is 3.23. The Hall–Kier alpha value is -2.28. The highest BCUT2D eigenvalue weighted by molar-refractivity contribution is 5.94. The van der Waals surface area contributed by atoms with Gasteiger partial charge in [-0.15, -0.1) is 0 Å². The SMILES string of the molecule is CC(O)C(NC(=O)C1CCCN1C(=O)C(NC(=O)C(N)CCCCN)C(C)O)C(=O)O. The Morgan fingerprint density at radius 2 is 1.68 bits per heavy atom. The quantitative estimate of drug-likeness (QED) is 0.155. The number of aliphatic hydroxyl groups is 2. The largest absolute Gasteiger partial charge is 0.480 e. The molecule has 0 bridgehead atoms. The number of nitrogens with two attached hydrogens (primary N) is 2. The number of nitrogens with zero attached hydrogens (tertiary/aromatic N) is 1. The number of carbonyl (C=O) groups excluding carboxylic acids is 3. The van der Waals surface area contributed by atoms with E-state index in [0.29, 0.717) is 32.2 Å². The number of aliphatic carboxylic acids is 1. The lowest BCUT2D eigenvalue weighted by Gasteiger charge is -2.31. The molecule has 0 aliphatic carbocycles. The van der Waals surface area contributed by atoms with Gasteiger partial charge in [0.15, 0.2) is 6.04 Å². The highest BCUT2D eigenvalue weighted by atomic mass is 16.4. The number of aliphatic hydroxyl groups excluding tert-OH is 2. The maximum Gasteiger partial charge on any atom is 0.328 e. The summed E-state index contributed by atoms with van der Waals surface area (Å²) in [5, 5.41) is 33.5. The third-order valence-electron chi connectivity index (χ3n) is 5.24. The summed E-state index contributed by atoms with van der Waals surface area (Å²) in [6, 6.07) is -4.69. The third kappa shape index (κ3) is 7.73. The van der Waals surface area contributed by atoms with Gasteiger partial charge in [-0.3, -0.25) is 14.4 Å². The Labute approximate surface area is 181 Å². The summed E-state index contributed by atoms with van der Waals surface area (Å²) in [7, 11) is 0. The van der Waals surface area contributed by atoms with Crippen molar-refractivity contribution in [1.29, 1.82) is 0 Å². The first-order valence-corrected chi connectivity index (χ1v) is 10.5. The molecule has 9 N–H and O–H groups in total. The number of likely N-dealkylation sites (tertiary alicyclic amines) is 1. The molecule has 0 radical (unpaired) electrons. The molecule has 6 unspecified atom stereocenters. The van der Waals surface area contributed by atoms with E-state index in [1.54, 1.807) is 0 Å². The highest BCUT2D eigenvalue weighted by Crippen LogP contribution is 2.20. The van der Waals surface area contributed by atoms with Crippen LogP contribution in [-0.4, -0.2) is 93.4 Å². The van der Waals surface area contributed by atoms with Crippen LogP contribution in [-0.2, 0) is 19.2 Å². The van der Waals surface area contributed by atoms with E-state index in [-0.39, 0.29) is 13.0 Å². The van der Waals surface area contributed by atoms with Gasteiger partial charge in [0.2, 0.25) is 17.7 Å². The molecule has 31 heavy (non-hydrogen) atoms. The summed E-state index contributed by atoms with van der Waals surface area (Å²) in [5.41, 5.74) is 11.3. The number of amides is 3. The number of hydrogen-bond donors (Lipinski definition) is 7. The van der Waals surface area contributed by atoms with Crippen molar-refractivity contribution in [3.8, 4) is 0 Å². The average molecular weight is 446 g/mol. The molecule has 0 aromatic heterocycles. The van der Waals surface area contributed by atoms with Gasteiger partial charge in [0.1, 0.15) is 12.1 Å². The zero-order valence-corrected chi connectivity index (χ0v) is 18.0. The minimum atomic E-state index is -1.52. The van der Waals surface area contributed by atoms with Gasteiger partial charge in [-0.05, 0) is 46.1 Å². The molecule has 12 nitrogen and oxygen atoms in total. The highest BCUT2D eigenvalue weighted by Gasteiger charge is 2.40. The number of nitrogens with one attached hydrogen (secondary N) is 2. The van der Waals surface area contributed by atoms with Crippen LogP contribution in [0.1, 0.15) is 46.0 Å². The van der Waals surface area contributed by atoms with Crippen molar-refractivity contribution in [3.05, 3.63) is 0 Å². The van der Waals surface area contributed by atoms with E-state index < -0.39 is 60.1 Å². The normalized spacial score (nSPS) is 21.0. The predicted molar refractivity (Wildman–Crippen MR) is 110 cm³/mol. The van der Waals surface area contributed by atoms with Crippen LogP contribution in [0.5, 0.6) is 0 Å². The van der Waals surface area contributed by atoms with Crippen LogP contribution < -0.4 is 22.1 Å². The van der Waals surface area contributed by atoms with E-state index in [2.05, 4.69) is 10.6 Å². The van der Waals surface area contributed by atoms with Gasteiger partial charge in [0.05, 0.1) is 18.2 Å². The van der Waals surface area contributed by atoms with Crippen molar-refractivity contribution < 1.29 is 34.5 Å². The summed E-state index contributed by atoms with van der Waals surface area (Å²) in [4.78, 5) is 50.4. The minimum Gasteiger partial charge on any atom is -0.480 e. The zero-order valence-electron chi connectivity index (χ0n) is 18.0. The van der Waals surface area contributed by atoms with Gasteiger partial charge in [-0.2, -0.15) is 0 Å². The predicted octanol–water partition coefficient (Wildman–Crippen LogP) is -2.75. The fourth-order valence-electron chi connectivity index (χ4n) is 3.41. The Morgan fingerprint density at radius 3 is 2.19 bits per heavy atom.